The van der Waals surface area contributed by atoms with Gasteiger partial charge in [-0.05, 0) is 147 Å². The van der Waals surface area contributed by atoms with Crippen molar-refractivity contribution in [1.29, 1.82) is 0 Å². The van der Waals surface area contributed by atoms with Gasteiger partial charge in [-0.25, -0.2) is 9.59 Å². The lowest BCUT2D eigenvalue weighted by Gasteiger charge is -2.56. The van der Waals surface area contributed by atoms with Gasteiger partial charge < -0.3 is 24.8 Å². The molecule has 4 aromatic rings. The Morgan fingerprint density at radius 3 is 1.62 bits per heavy atom. The van der Waals surface area contributed by atoms with Gasteiger partial charge in [0.2, 0.25) is 0 Å². The number of aliphatic hydroxyl groups is 3. The molecule has 0 amide bonds. The van der Waals surface area contributed by atoms with E-state index in [-0.39, 0.29) is 37.7 Å². The number of carbonyl (C=O) groups is 2. The average molecular weight is 879 g/mol. The van der Waals surface area contributed by atoms with Crippen LogP contribution in [0, 0.1) is 11.8 Å². The molecule has 0 saturated heterocycles. The zero-order valence-corrected chi connectivity index (χ0v) is 35.6. The highest BCUT2D eigenvalue weighted by Gasteiger charge is 2.64. The van der Waals surface area contributed by atoms with E-state index in [2.05, 4.69) is 0 Å². The molecule has 8 rings (SSSR count). The Bertz CT molecular complexity index is 2380. The van der Waals surface area contributed by atoms with E-state index >= 15 is 0 Å². The lowest BCUT2D eigenvalue weighted by Crippen LogP contribution is -2.58. The molecule has 63 heavy (non-hydrogen) atoms. The first-order valence-corrected chi connectivity index (χ1v) is 21.0. The highest BCUT2D eigenvalue weighted by molar-refractivity contribution is 5.91. The molecule has 4 aliphatic rings. The summed E-state index contributed by atoms with van der Waals surface area (Å²) < 4.78 is 91.9. The van der Waals surface area contributed by atoms with E-state index in [0.29, 0.717) is 24.0 Å². The summed E-state index contributed by atoms with van der Waals surface area (Å²) in [5.41, 5.74) is -1.68. The number of benzene rings is 4. The van der Waals surface area contributed by atoms with Crippen LogP contribution in [0.1, 0.15) is 113 Å². The number of carbonyl (C=O) groups excluding carboxylic acids is 2. The highest BCUT2D eigenvalue weighted by atomic mass is 19.4. The maximum atomic E-state index is 13.7. The minimum absolute atomic E-state index is 0.0514. The van der Waals surface area contributed by atoms with E-state index in [1.165, 1.54) is 14.2 Å². The maximum absolute atomic E-state index is 13.7. The topological polar surface area (TPSA) is 113 Å². The van der Waals surface area contributed by atoms with Crippen molar-refractivity contribution in [2.45, 2.75) is 112 Å². The standard InChI is InChI=1S/C25H27F3O4.C25H25F3O3/c1-22(30)14-18-15-24(31,25(26,27)28)11-10-23(18,13-16-6-4-3-5-7-16)19-9-8-17(12-20(19)22)21(29)32-2;1-16-12-19-15-24(30,25(26,27)28)11-10-23(19,14-17-6-4-3-5-7-17)21-9-8-18(13-20(16)21)22(29)31-2/h3-9,12,18,30-31H,10-11,13-15H2,1-2H3;3-9,12-13,19,30H,10-11,14-15H2,1-2H3/t18-,22?,23+,24-;19-,23+,24-/m11/s1. The second-order valence-corrected chi connectivity index (χ2v) is 18.2. The summed E-state index contributed by atoms with van der Waals surface area (Å²) in [7, 11) is 2.59. The fraction of sp³-hybridized carbons (Fsp3) is 0.440. The number of allylic oxidation sites excluding steroid dienone is 2. The van der Waals surface area contributed by atoms with Crippen LogP contribution in [0.3, 0.4) is 0 Å². The molecule has 4 aromatic carbocycles. The average Bonchev–Trinajstić information content (AvgIpc) is 3.24. The fourth-order valence-corrected chi connectivity index (χ4v) is 11.1. The van der Waals surface area contributed by atoms with Crippen molar-refractivity contribution in [2.75, 3.05) is 14.2 Å². The van der Waals surface area contributed by atoms with Crippen LogP contribution in [0.25, 0.3) is 5.57 Å². The highest BCUT2D eigenvalue weighted by Crippen LogP contribution is 2.61. The van der Waals surface area contributed by atoms with E-state index in [1.54, 1.807) is 37.3 Å². The van der Waals surface area contributed by atoms with Crippen molar-refractivity contribution >= 4 is 17.5 Å². The maximum Gasteiger partial charge on any atom is 0.417 e. The molecule has 4 aliphatic carbocycles. The molecule has 0 aliphatic heterocycles. The summed E-state index contributed by atoms with van der Waals surface area (Å²) in [4.78, 5) is 24.2. The molecule has 336 valence electrons. The van der Waals surface area contributed by atoms with E-state index in [0.717, 1.165) is 33.4 Å². The molecule has 1 unspecified atom stereocenters. The minimum atomic E-state index is -4.74. The summed E-state index contributed by atoms with van der Waals surface area (Å²) in [5, 5.41) is 32.3. The summed E-state index contributed by atoms with van der Waals surface area (Å²) in [6.45, 7) is 3.40. The summed E-state index contributed by atoms with van der Waals surface area (Å²) in [6.07, 6.45) is -7.80. The molecule has 3 N–H and O–H groups in total. The SMILES string of the molecule is COC(=O)c1ccc2c(c1)C(C)(O)C[C@@H]1C[C@@](O)(C(F)(F)F)CC[C@@]21Cc1ccccc1.COC(=O)c1ccc2c(c1)C(C)=C[C@@H]1C[C@@](O)(C(F)(F)F)CC[C@@]21Cc1ccccc1. The molecule has 0 heterocycles. The van der Waals surface area contributed by atoms with Gasteiger partial charge in [0.1, 0.15) is 0 Å². The van der Waals surface area contributed by atoms with Crippen molar-refractivity contribution in [2.24, 2.45) is 11.8 Å². The van der Waals surface area contributed by atoms with Crippen molar-refractivity contribution < 1.29 is 60.7 Å². The molecule has 7 nitrogen and oxygen atoms in total. The number of alkyl halides is 6. The summed E-state index contributed by atoms with van der Waals surface area (Å²) >= 11 is 0. The van der Waals surface area contributed by atoms with Crippen LogP contribution in [0.2, 0.25) is 0 Å². The number of fused-ring (bicyclic) bond motifs is 6. The first kappa shape index (κ1) is 46.0. The molecule has 2 saturated carbocycles. The van der Waals surface area contributed by atoms with Gasteiger partial charge in [0.05, 0.1) is 30.9 Å². The van der Waals surface area contributed by atoms with Crippen molar-refractivity contribution in [3.8, 4) is 0 Å². The van der Waals surface area contributed by atoms with Gasteiger partial charge in [0.25, 0.3) is 0 Å². The third kappa shape index (κ3) is 8.32. The van der Waals surface area contributed by atoms with Crippen LogP contribution in [-0.4, -0.2) is 65.0 Å². The van der Waals surface area contributed by atoms with Crippen LogP contribution >= 0.6 is 0 Å². The molecule has 7 atom stereocenters. The van der Waals surface area contributed by atoms with Gasteiger partial charge in [-0.15, -0.1) is 0 Å². The number of hydrogen-bond donors (Lipinski definition) is 3. The largest absolute Gasteiger partial charge is 0.465 e. The van der Waals surface area contributed by atoms with Gasteiger partial charge in [0.15, 0.2) is 11.2 Å². The number of hydrogen-bond acceptors (Lipinski definition) is 7. The van der Waals surface area contributed by atoms with Gasteiger partial charge in [0, 0.05) is 10.8 Å². The Balaban J connectivity index is 0.000000189. The number of esters is 2. The Morgan fingerprint density at radius 1 is 0.619 bits per heavy atom. The third-order valence-corrected chi connectivity index (χ3v) is 14.4. The Labute approximate surface area is 362 Å². The molecule has 0 spiro atoms. The van der Waals surface area contributed by atoms with Crippen LogP contribution in [0.15, 0.2) is 103 Å². The monoisotopic (exact) mass is 878 g/mol. The second kappa shape index (κ2) is 16.5. The van der Waals surface area contributed by atoms with Gasteiger partial charge in [-0.2, -0.15) is 26.3 Å². The predicted molar refractivity (Wildman–Crippen MR) is 224 cm³/mol. The van der Waals surface area contributed by atoms with Crippen molar-refractivity contribution in [3.63, 3.8) is 0 Å². The molecule has 2 fully saturated rings. The van der Waals surface area contributed by atoms with E-state index in [1.807, 2.05) is 79.7 Å². The molecule has 13 heteroatoms. The zero-order chi connectivity index (χ0) is 45.8. The van der Waals surface area contributed by atoms with Crippen LogP contribution in [0.4, 0.5) is 26.3 Å². The van der Waals surface area contributed by atoms with E-state index in [9.17, 15) is 51.3 Å². The Morgan fingerprint density at radius 2 is 1.10 bits per heavy atom. The Kier molecular flexibility index (Phi) is 12.1. The normalized spacial score (nSPS) is 29.9. The lowest BCUT2D eigenvalue weighted by molar-refractivity contribution is -0.281. The van der Waals surface area contributed by atoms with Crippen molar-refractivity contribution in [1.82, 2.24) is 0 Å². The molecule has 0 bridgehead atoms. The summed E-state index contributed by atoms with van der Waals surface area (Å²) in [5.74, 6) is -2.08. The number of halogens is 6. The molecule has 0 aromatic heterocycles. The quantitative estimate of drug-likeness (QED) is 0.131. The molecular formula is C50H52F6O7. The second-order valence-electron chi connectivity index (χ2n) is 18.2. The van der Waals surface area contributed by atoms with Crippen LogP contribution in [0.5, 0.6) is 0 Å². The fourth-order valence-electron chi connectivity index (χ4n) is 11.1. The predicted octanol–water partition coefficient (Wildman–Crippen LogP) is 10.1. The van der Waals surface area contributed by atoms with E-state index < -0.39 is 76.6 Å². The number of methoxy groups -OCH3 is 2. The smallest absolute Gasteiger partial charge is 0.417 e. The van der Waals surface area contributed by atoms with Crippen LogP contribution < -0.4 is 0 Å². The zero-order valence-electron chi connectivity index (χ0n) is 35.6. The lowest BCUT2D eigenvalue weighted by atomic mass is 9.50. The third-order valence-electron chi connectivity index (χ3n) is 14.4. The Hall–Kier alpha value is -4.98. The summed E-state index contributed by atoms with van der Waals surface area (Å²) in [6, 6.07) is 29.4. The van der Waals surface area contributed by atoms with Gasteiger partial charge >= 0.3 is 24.3 Å². The first-order valence-electron chi connectivity index (χ1n) is 21.0. The van der Waals surface area contributed by atoms with Gasteiger partial charge in [-0.3, -0.25) is 0 Å². The molecular weight excluding hydrogens is 827 g/mol. The minimum Gasteiger partial charge on any atom is -0.465 e. The number of rotatable bonds is 6. The number of ether oxygens (including phenoxy) is 2. The van der Waals surface area contributed by atoms with Crippen molar-refractivity contribution in [3.05, 3.63) is 148 Å². The van der Waals surface area contributed by atoms with E-state index in [4.69, 9.17) is 9.47 Å². The molecule has 0 radical (unpaired) electrons. The van der Waals surface area contributed by atoms with Crippen LogP contribution in [-0.2, 0) is 38.7 Å². The van der Waals surface area contributed by atoms with Gasteiger partial charge in [-0.1, -0.05) is 78.9 Å². The first-order chi connectivity index (χ1) is 29.5.